The van der Waals surface area contributed by atoms with Gasteiger partial charge in [-0.15, -0.1) is 11.8 Å². The fourth-order valence-electron chi connectivity index (χ4n) is 3.54. The van der Waals surface area contributed by atoms with Crippen molar-refractivity contribution in [2.24, 2.45) is 0 Å². The Hall–Kier alpha value is -3.05. The number of hydrogen-bond acceptors (Lipinski definition) is 3. The van der Waals surface area contributed by atoms with E-state index in [0.717, 1.165) is 16.9 Å². The summed E-state index contributed by atoms with van der Waals surface area (Å²) in [6.07, 6.45) is 0.481. The highest BCUT2D eigenvalue weighted by Crippen LogP contribution is 2.18. The van der Waals surface area contributed by atoms with E-state index in [4.69, 9.17) is 0 Å². The lowest BCUT2D eigenvalue weighted by Gasteiger charge is -2.31. The monoisotopic (exact) mass is 446 g/mol. The molecule has 0 saturated carbocycles. The molecule has 32 heavy (non-hydrogen) atoms. The molecule has 0 aliphatic carbocycles. The fraction of sp³-hybridized carbons (Fsp3) is 0.259. The third-order valence-corrected chi connectivity index (χ3v) is 6.14. The summed E-state index contributed by atoms with van der Waals surface area (Å²) in [6.45, 7) is 2.83. The predicted molar refractivity (Wildman–Crippen MR) is 132 cm³/mol. The Balaban J connectivity index is 1.80. The Morgan fingerprint density at radius 2 is 1.34 bits per heavy atom. The number of amides is 2. The average molecular weight is 447 g/mol. The number of rotatable bonds is 11. The van der Waals surface area contributed by atoms with Crippen LogP contribution in [0.25, 0.3) is 0 Å². The summed E-state index contributed by atoms with van der Waals surface area (Å²) in [4.78, 5) is 28.2. The lowest BCUT2D eigenvalue weighted by molar-refractivity contribution is -0.139. The minimum atomic E-state index is -0.567. The van der Waals surface area contributed by atoms with Gasteiger partial charge in [-0.3, -0.25) is 9.59 Å². The number of benzene rings is 3. The molecule has 0 unspecified atom stereocenters. The van der Waals surface area contributed by atoms with Gasteiger partial charge in [0.15, 0.2) is 0 Å². The summed E-state index contributed by atoms with van der Waals surface area (Å²) in [5, 5.41) is 2.93. The van der Waals surface area contributed by atoms with Gasteiger partial charge in [0.1, 0.15) is 6.04 Å². The number of carbonyl (C=O) groups is 2. The number of nitrogens with one attached hydrogen (secondary N) is 1. The molecule has 5 heteroatoms. The van der Waals surface area contributed by atoms with E-state index in [1.165, 1.54) is 5.56 Å². The van der Waals surface area contributed by atoms with Gasteiger partial charge in [-0.2, -0.15) is 0 Å². The normalized spacial score (nSPS) is 11.5. The smallest absolute Gasteiger partial charge is 0.243 e. The van der Waals surface area contributed by atoms with Crippen LogP contribution in [0, 0.1) is 0 Å². The molecule has 0 saturated heterocycles. The van der Waals surface area contributed by atoms with E-state index >= 15 is 0 Å². The van der Waals surface area contributed by atoms with E-state index in [1.54, 1.807) is 16.7 Å². The molecule has 3 rings (SSSR count). The largest absolute Gasteiger partial charge is 0.355 e. The number of nitrogens with zero attached hydrogens (tertiary/aromatic N) is 1. The SMILES string of the molecule is CCNC(=O)[C@@H](Cc1ccccc1)N(Cc1ccccc1)C(=O)CSCc1ccccc1. The molecule has 3 aromatic carbocycles. The van der Waals surface area contributed by atoms with Crippen LogP contribution in [0.15, 0.2) is 91.0 Å². The average Bonchev–Trinajstić information content (AvgIpc) is 2.83. The van der Waals surface area contributed by atoms with Crippen LogP contribution in [-0.4, -0.2) is 35.1 Å². The molecule has 2 amide bonds. The van der Waals surface area contributed by atoms with Crippen LogP contribution >= 0.6 is 11.8 Å². The molecule has 1 N–H and O–H groups in total. The quantitative estimate of drug-likeness (QED) is 0.465. The number of carbonyl (C=O) groups excluding carboxylic acids is 2. The molecule has 4 nitrogen and oxygen atoms in total. The Morgan fingerprint density at radius 1 is 0.812 bits per heavy atom. The van der Waals surface area contributed by atoms with Gasteiger partial charge < -0.3 is 10.2 Å². The van der Waals surface area contributed by atoms with Gasteiger partial charge in [0.2, 0.25) is 11.8 Å². The maximum Gasteiger partial charge on any atom is 0.243 e. The molecule has 1 atom stereocenters. The molecule has 0 radical (unpaired) electrons. The zero-order chi connectivity index (χ0) is 22.6. The van der Waals surface area contributed by atoms with E-state index < -0.39 is 6.04 Å². The molecule has 0 aliphatic heterocycles. The lowest BCUT2D eigenvalue weighted by atomic mass is 10.0. The van der Waals surface area contributed by atoms with Gasteiger partial charge in [-0.05, 0) is 23.6 Å². The standard InChI is InChI=1S/C27H30N2O2S/c1-2-28-27(31)25(18-22-12-6-3-7-13-22)29(19-23-14-8-4-9-15-23)26(30)21-32-20-24-16-10-5-11-17-24/h3-17,25H,2,18-21H2,1H3,(H,28,31)/t25-/m1/s1. The van der Waals surface area contributed by atoms with Crippen LogP contribution in [0.5, 0.6) is 0 Å². The van der Waals surface area contributed by atoms with Gasteiger partial charge in [-0.25, -0.2) is 0 Å². The minimum Gasteiger partial charge on any atom is -0.355 e. The van der Waals surface area contributed by atoms with Crippen molar-refractivity contribution < 1.29 is 9.59 Å². The maximum atomic E-state index is 13.4. The van der Waals surface area contributed by atoms with Gasteiger partial charge >= 0.3 is 0 Å². The summed E-state index contributed by atoms with van der Waals surface area (Å²) in [5.74, 6) is 0.943. The molecule has 0 heterocycles. The van der Waals surface area contributed by atoms with Crippen LogP contribution in [0.2, 0.25) is 0 Å². The van der Waals surface area contributed by atoms with Crippen LogP contribution in [-0.2, 0) is 28.3 Å². The highest BCUT2D eigenvalue weighted by molar-refractivity contribution is 7.99. The van der Waals surface area contributed by atoms with E-state index in [0.29, 0.717) is 25.3 Å². The number of thioether (sulfide) groups is 1. The second-order valence-electron chi connectivity index (χ2n) is 7.59. The number of likely N-dealkylation sites (N-methyl/N-ethyl adjacent to an activating group) is 1. The van der Waals surface area contributed by atoms with Crippen molar-refractivity contribution >= 4 is 23.6 Å². The Labute approximate surface area is 195 Å². The van der Waals surface area contributed by atoms with Crippen molar-refractivity contribution in [3.63, 3.8) is 0 Å². The molecular formula is C27H30N2O2S. The van der Waals surface area contributed by atoms with Gasteiger partial charge in [0, 0.05) is 25.3 Å². The first-order chi connectivity index (χ1) is 15.7. The number of hydrogen-bond donors (Lipinski definition) is 1. The predicted octanol–water partition coefficient (Wildman–Crippen LogP) is 4.70. The first-order valence-corrected chi connectivity index (χ1v) is 12.1. The Morgan fingerprint density at radius 3 is 1.91 bits per heavy atom. The van der Waals surface area contributed by atoms with Crippen molar-refractivity contribution in [3.05, 3.63) is 108 Å². The first-order valence-electron chi connectivity index (χ1n) is 10.9. The highest BCUT2D eigenvalue weighted by atomic mass is 32.2. The Bertz CT molecular complexity index is 965. The lowest BCUT2D eigenvalue weighted by Crippen LogP contribution is -2.51. The minimum absolute atomic E-state index is 0.0260. The molecule has 0 aromatic heterocycles. The van der Waals surface area contributed by atoms with E-state index in [9.17, 15) is 9.59 Å². The highest BCUT2D eigenvalue weighted by Gasteiger charge is 2.29. The molecule has 0 spiro atoms. The molecule has 0 fully saturated rings. The Kier molecular flexibility index (Phi) is 9.38. The van der Waals surface area contributed by atoms with Gasteiger partial charge in [-0.1, -0.05) is 91.0 Å². The molecule has 3 aromatic rings. The van der Waals surface area contributed by atoms with E-state index in [2.05, 4.69) is 17.4 Å². The molecule has 166 valence electrons. The summed E-state index contributed by atoms with van der Waals surface area (Å²) in [7, 11) is 0. The molecular weight excluding hydrogens is 416 g/mol. The first kappa shape index (κ1) is 23.6. The van der Waals surface area contributed by atoms with Crippen LogP contribution < -0.4 is 5.32 Å². The van der Waals surface area contributed by atoms with Gasteiger partial charge in [0.25, 0.3) is 0 Å². The van der Waals surface area contributed by atoms with Crippen molar-refractivity contribution in [2.45, 2.75) is 31.7 Å². The van der Waals surface area contributed by atoms with Crippen LogP contribution in [0.1, 0.15) is 23.6 Å². The van der Waals surface area contributed by atoms with Crippen LogP contribution in [0.3, 0.4) is 0 Å². The van der Waals surface area contributed by atoms with Crippen molar-refractivity contribution in [1.29, 1.82) is 0 Å². The molecule has 0 aliphatic rings. The topological polar surface area (TPSA) is 49.4 Å². The van der Waals surface area contributed by atoms with Crippen molar-refractivity contribution in [1.82, 2.24) is 10.2 Å². The summed E-state index contributed by atoms with van der Waals surface area (Å²) in [6, 6.07) is 29.3. The second-order valence-corrected chi connectivity index (χ2v) is 8.57. The summed E-state index contributed by atoms with van der Waals surface area (Å²) < 4.78 is 0. The van der Waals surface area contributed by atoms with E-state index in [1.807, 2.05) is 85.8 Å². The van der Waals surface area contributed by atoms with Crippen LogP contribution in [0.4, 0.5) is 0 Å². The van der Waals surface area contributed by atoms with Crippen molar-refractivity contribution in [3.8, 4) is 0 Å². The van der Waals surface area contributed by atoms with E-state index in [-0.39, 0.29) is 11.8 Å². The maximum absolute atomic E-state index is 13.4. The summed E-state index contributed by atoms with van der Waals surface area (Å²) in [5.41, 5.74) is 3.23. The molecule has 0 bridgehead atoms. The second kappa shape index (κ2) is 12.7. The summed E-state index contributed by atoms with van der Waals surface area (Å²) >= 11 is 1.58. The van der Waals surface area contributed by atoms with Gasteiger partial charge in [0.05, 0.1) is 5.75 Å². The third-order valence-electron chi connectivity index (χ3n) is 5.15. The fourth-order valence-corrected chi connectivity index (χ4v) is 4.41. The zero-order valence-corrected chi connectivity index (χ0v) is 19.3. The zero-order valence-electron chi connectivity index (χ0n) is 18.4. The third kappa shape index (κ3) is 7.27. The van der Waals surface area contributed by atoms with Crippen molar-refractivity contribution in [2.75, 3.05) is 12.3 Å².